The van der Waals surface area contributed by atoms with Gasteiger partial charge in [0, 0.05) is 17.8 Å². The number of ether oxygens (including phenoxy) is 1. The molecule has 0 saturated carbocycles. The summed E-state index contributed by atoms with van der Waals surface area (Å²) in [6.45, 7) is 0.371. The zero-order valence-electron chi connectivity index (χ0n) is 20.6. The second-order valence-corrected chi connectivity index (χ2v) is 9.53. The number of rotatable bonds is 8. The number of amides is 3. The fourth-order valence-corrected chi connectivity index (χ4v) is 4.88. The molecule has 2 N–H and O–H groups in total. The number of para-hydroxylation sites is 1. The van der Waals surface area contributed by atoms with Crippen molar-refractivity contribution in [2.24, 2.45) is 9.98 Å². The number of methoxy groups -OCH3 is 1. The molecule has 2 heterocycles. The van der Waals surface area contributed by atoms with Gasteiger partial charge in [-0.2, -0.15) is 0 Å². The number of thioether (sulfide) groups is 1. The average molecular weight is 528 g/mol. The molecule has 0 radical (unpaired) electrons. The van der Waals surface area contributed by atoms with Crippen LogP contribution in [0, 0.1) is 0 Å². The topological polar surface area (TPSA) is 112 Å². The number of hydrogen-bond acceptors (Lipinski definition) is 7. The van der Waals surface area contributed by atoms with Crippen LogP contribution >= 0.6 is 11.8 Å². The standard InChI is InChI=1S/C28H25N5O4S/c1-37-20-13-11-19(12-14-20)30-25(35)17-38-28-32-22-10-6-5-9-21(22)26-31-23(27(36)33(26)28)15-24(34)29-16-18-7-3-2-4-8-18/h2-14,23H,15-17H2,1H3,(H,29,34)(H,30,35). The Hall–Kier alpha value is -4.44. The molecule has 5 rings (SSSR count). The Balaban J connectivity index is 1.27. The van der Waals surface area contributed by atoms with Crippen LogP contribution in [0.15, 0.2) is 88.8 Å². The van der Waals surface area contributed by atoms with Crippen molar-refractivity contribution < 1.29 is 19.1 Å². The molecule has 3 aromatic rings. The Morgan fingerprint density at radius 1 is 0.974 bits per heavy atom. The van der Waals surface area contributed by atoms with Crippen molar-refractivity contribution in [3.8, 4) is 5.75 Å². The molecule has 2 aliphatic rings. The largest absolute Gasteiger partial charge is 0.497 e. The molecule has 3 amide bonds. The first-order valence-corrected chi connectivity index (χ1v) is 13.0. The molecule has 9 nitrogen and oxygen atoms in total. The molecule has 38 heavy (non-hydrogen) atoms. The minimum absolute atomic E-state index is 0.0340. The first kappa shape index (κ1) is 25.2. The van der Waals surface area contributed by atoms with E-state index in [1.54, 1.807) is 31.4 Å². The summed E-state index contributed by atoms with van der Waals surface area (Å²) < 4.78 is 5.14. The molecular formula is C28H25N5O4S. The van der Waals surface area contributed by atoms with Gasteiger partial charge < -0.3 is 15.4 Å². The van der Waals surface area contributed by atoms with Crippen LogP contribution in [-0.4, -0.2) is 52.5 Å². The number of benzene rings is 3. The van der Waals surface area contributed by atoms with Gasteiger partial charge in [0.2, 0.25) is 11.8 Å². The van der Waals surface area contributed by atoms with E-state index in [-0.39, 0.29) is 29.9 Å². The molecule has 0 spiro atoms. The second-order valence-electron chi connectivity index (χ2n) is 8.59. The zero-order chi connectivity index (χ0) is 26.5. The quantitative estimate of drug-likeness (QED) is 0.464. The van der Waals surface area contributed by atoms with Gasteiger partial charge in [-0.25, -0.2) is 9.89 Å². The summed E-state index contributed by atoms with van der Waals surface area (Å²) in [5.41, 5.74) is 2.96. The van der Waals surface area contributed by atoms with Gasteiger partial charge in [0.15, 0.2) is 5.17 Å². The summed E-state index contributed by atoms with van der Waals surface area (Å²) in [7, 11) is 1.58. The van der Waals surface area contributed by atoms with Crippen molar-refractivity contribution >= 4 is 51.9 Å². The molecule has 0 fully saturated rings. The number of aliphatic imine (C=N–C) groups is 2. The smallest absolute Gasteiger partial charge is 0.259 e. The molecule has 1 unspecified atom stereocenters. The van der Waals surface area contributed by atoms with Crippen molar-refractivity contribution in [2.75, 3.05) is 18.2 Å². The number of nitrogens with one attached hydrogen (secondary N) is 2. The van der Waals surface area contributed by atoms with Crippen molar-refractivity contribution in [1.29, 1.82) is 0 Å². The Labute approximate surface area is 224 Å². The van der Waals surface area contributed by atoms with Crippen LogP contribution in [0.25, 0.3) is 0 Å². The summed E-state index contributed by atoms with van der Waals surface area (Å²) in [6.07, 6.45) is -0.0796. The van der Waals surface area contributed by atoms with Gasteiger partial charge >= 0.3 is 0 Å². The third-order valence-corrected chi connectivity index (χ3v) is 6.90. The predicted octanol–water partition coefficient (Wildman–Crippen LogP) is 3.73. The fourth-order valence-electron chi connectivity index (χ4n) is 4.08. The van der Waals surface area contributed by atoms with Gasteiger partial charge in [0.1, 0.15) is 17.6 Å². The molecule has 1 atom stereocenters. The first-order valence-electron chi connectivity index (χ1n) is 12.0. The molecule has 3 aromatic carbocycles. The Morgan fingerprint density at radius 3 is 2.47 bits per heavy atom. The summed E-state index contributed by atoms with van der Waals surface area (Å²) in [5.74, 6) is 0.311. The minimum Gasteiger partial charge on any atom is -0.497 e. The van der Waals surface area contributed by atoms with Crippen LogP contribution in [0.2, 0.25) is 0 Å². The minimum atomic E-state index is -0.870. The highest BCUT2D eigenvalue weighted by atomic mass is 32.2. The number of amidine groups is 2. The Kier molecular flexibility index (Phi) is 7.50. The summed E-state index contributed by atoms with van der Waals surface area (Å²) in [6, 6.07) is 23.1. The maximum Gasteiger partial charge on any atom is 0.259 e. The maximum absolute atomic E-state index is 13.4. The fraction of sp³-hybridized carbons (Fsp3) is 0.179. The van der Waals surface area contributed by atoms with E-state index in [0.717, 1.165) is 17.3 Å². The Bertz CT molecular complexity index is 1420. The summed E-state index contributed by atoms with van der Waals surface area (Å²) in [4.78, 5) is 49.3. The van der Waals surface area contributed by atoms with E-state index in [2.05, 4.69) is 20.6 Å². The first-order chi connectivity index (χ1) is 18.5. The van der Waals surface area contributed by atoms with Crippen molar-refractivity contribution in [2.45, 2.75) is 19.0 Å². The van der Waals surface area contributed by atoms with E-state index >= 15 is 0 Å². The molecule has 192 valence electrons. The molecule has 0 aliphatic carbocycles. The van der Waals surface area contributed by atoms with Crippen LogP contribution in [0.5, 0.6) is 5.75 Å². The van der Waals surface area contributed by atoms with Crippen LogP contribution in [0.1, 0.15) is 17.5 Å². The summed E-state index contributed by atoms with van der Waals surface area (Å²) >= 11 is 1.14. The highest BCUT2D eigenvalue weighted by molar-refractivity contribution is 8.14. The molecule has 0 bridgehead atoms. The van der Waals surface area contributed by atoms with Gasteiger partial charge in [-0.3, -0.25) is 19.4 Å². The van der Waals surface area contributed by atoms with E-state index < -0.39 is 6.04 Å². The number of carbonyl (C=O) groups excluding carboxylic acids is 3. The predicted molar refractivity (Wildman–Crippen MR) is 148 cm³/mol. The normalized spacial score (nSPS) is 15.7. The van der Waals surface area contributed by atoms with E-state index in [1.807, 2.05) is 54.6 Å². The van der Waals surface area contributed by atoms with E-state index in [9.17, 15) is 14.4 Å². The number of nitrogens with zero attached hydrogens (tertiary/aromatic N) is 3. The van der Waals surface area contributed by atoms with Gasteiger partial charge in [-0.05, 0) is 42.0 Å². The second kappa shape index (κ2) is 11.3. The van der Waals surface area contributed by atoms with E-state index in [0.29, 0.717) is 40.2 Å². The number of fused-ring (bicyclic) bond motifs is 3. The number of anilines is 1. The number of carbonyl (C=O) groups is 3. The average Bonchev–Trinajstić information content (AvgIpc) is 3.27. The molecular weight excluding hydrogens is 502 g/mol. The lowest BCUT2D eigenvalue weighted by molar-refractivity contribution is -0.128. The Morgan fingerprint density at radius 2 is 1.71 bits per heavy atom. The van der Waals surface area contributed by atoms with Gasteiger partial charge in [0.25, 0.3) is 5.91 Å². The van der Waals surface area contributed by atoms with Crippen molar-refractivity contribution in [3.63, 3.8) is 0 Å². The van der Waals surface area contributed by atoms with Gasteiger partial charge in [-0.15, -0.1) is 0 Å². The van der Waals surface area contributed by atoms with Crippen molar-refractivity contribution in [3.05, 3.63) is 90.0 Å². The third-order valence-electron chi connectivity index (χ3n) is 5.97. The van der Waals surface area contributed by atoms with Crippen LogP contribution in [-0.2, 0) is 20.9 Å². The lowest BCUT2D eigenvalue weighted by Gasteiger charge is -2.25. The van der Waals surface area contributed by atoms with Gasteiger partial charge in [0.05, 0.1) is 25.0 Å². The lowest BCUT2D eigenvalue weighted by Crippen LogP contribution is -2.42. The van der Waals surface area contributed by atoms with Gasteiger partial charge in [-0.1, -0.05) is 54.2 Å². The van der Waals surface area contributed by atoms with E-state index in [1.165, 1.54) is 4.90 Å². The highest BCUT2D eigenvalue weighted by Gasteiger charge is 2.42. The molecule has 0 saturated heterocycles. The zero-order valence-corrected chi connectivity index (χ0v) is 21.4. The molecule has 2 aliphatic heterocycles. The monoisotopic (exact) mass is 527 g/mol. The lowest BCUT2D eigenvalue weighted by atomic mass is 10.1. The van der Waals surface area contributed by atoms with Crippen LogP contribution in [0.3, 0.4) is 0 Å². The van der Waals surface area contributed by atoms with Crippen LogP contribution in [0.4, 0.5) is 11.4 Å². The third kappa shape index (κ3) is 5.60. The summed E-state index contributed by atoms with van der Waals surface area (Å²) in [5, 5.41) is 6.03. The molecule has 10 heteroatoms. The number of hydrogen-bond donors (Lipinski definition) is 2. The van der Waals surface area contributed by atoms with Crippen molar-refractivity contribution in [1.82, 2.24) is 10.2 Å². The molecule has 0 aromatic heterocycles. The highest BCUT2D eigenvalue weighted by Crippen LogP contribution is 2.34. The maximum atomic E-state index is 13.4. The van der Waals surface area contributed by atoms with E-state index in [4.69, 9.17) is 4.74 Å². The van der Waals surface area contributed by atoms with Crippen LogP contribution < -0.4 is 15.4 Å². The SMILES string of the molecule is COc1ccc(NC(=O)CSC2=Nc3ccccc3C3=NC(CC(=O)NCc4ccccc4)C(=O)N23)cc1.